The fourth-order valence-corrected chi connectivity index (χ4v) is 9.97. The molecular weight excluding hydrogens is 901 g/mol. The third-order valence-electron chi connectivity index (χ3n) is 14.9. The second-order valence-electron chi connectivity index (χ2n) is 22.4. The van der Waals surface area contributed by atoms with Crippen LogP contribution >= 0.6 is 0 Å². The third kappa shape index (κ3) is 60.6. The van der Waals surface area contributed by atoms with Crippen molar-refractivity contribution in [2.24, 2.45) is 0 Å². The minimum absolute atomic E-state index is 0.0726. The number of ether oxygens (including phenoxy) is 3. The number of hydrogen-bond acceptors (Lipinski definition) is 6. The Balaban J connectivity index is 4.14. The van der Waals surface area contributed by atoms with Gasteiger partial charge in [-0.05, 0) is 70.6 Å². The first-order valence-electron chi connectivity index (χ1n) is 32.8. The molecule has 430 valence electrons. The summed E-state index contributed by atoms with van der Waals surface area (Å²) in [7, 11) is 0. The van der Waals surface area contributed by atoms with Crippen LogP contribution in [0.2, 0.25) is 0 Å². The molecule has 0 aromatic rings. The Morgan fingerprint density at radius 2 is 0.452 bits per heavy atom. The van der Waals surface area contributed by atoms with Gasteiger partial charge in [0.25, 0.3) is 0 Å². The molecule has 6 nitrogen and oxygen atoms in total. The van der Waals surface area contributed by atoms with Crippen LogP contribution in [0, 0.1) is 0 Å². The van der Waals surface area contributed by atoms with Crippen molar-refractivity contribution in [3.63, 3.8) is 0 Å². The van der Waals surface area contributed by atoms with E-state index in [1.165, 1.54) is 257 Å². The summed E-state index contributed by atoms with van der Waals surface area (Å²) in [5, 5.41) is 0. The van der Waals surface area contributed by atoms with Crippen LogP contribution in [-0.2, 0) is 28.6 Å². The second kappa shape index (κ2) is 62.4. The Hall–Kier alpha value is -2.11. The molecule has 0 rings (SSSR count). The number of unbranched alkanes of at least 4 members (excludes halogenated alkanes) is 46. The van der Waals surface area contributed by atoms with E-state index in [9.17, 15) is 14.4 Å². The fraction of sp³-hybridized carbons (Fsp3) is 0.896. The SMILES string of the molecule is CCCCC/C=C\CCCCCCCC(=O)OCC(COC(=O)CCCCCCCCCCCCCCCCCCCCCCCCCCCCCC)OC(=O)CCCCCCC/C=C\CCCCCCCC. The number of esters is 3. The van der Waals surface area contributed by atoms with Gasteiger partial charge in [0.15, 0.2) is 6.10 Å². The van der Waals surface area contributed by atoms with E-state index in [1.54, 1.807) is 0 Å². The van der Waals surface area contributed by atoms with Gasteiger partial charge in [0, 0.05) is 19.3 Å². The highest BCUT2D eigenvalue weighted by atomic mass is 16.6. The maximum atomic E-state index is 12.9. The highest BCUT2D eigenvalue weighted by Crippen LogP contribution is 2.18. The molecule has 1 unspecified atom stereocenters. The van der Waals surface area contributed by atoms with Gasteiger partial charge in [-0.25, -0.2) is 0 Å². The van der Waals surface area contributed by atoms with Crippen LogP contribution in [0.1, 0.15) is 367 Å². The smallest absolute Gasteiger partial charge is 0.306 e. The summed E-state index contributed by atoms with van der Waals surface area (Å²) >= 11 is 0. The fourth-order valence-electron chi connectivity index (χ4n) is 9.97. The lowest BCUT2D eigenvalue weighted by atomic mass is 10.0. The van der Waals surface area contributed by atoms with Crippen molar-refractivity contribution in [2.75, 3.05) is 13.2 Å². The number of rotatable bonds is 61. The van der Waals surface area contributed by atoms with Crippen molar-refractivity contribution in [1.29, 1.82) is 0 Å². The zero-order valence-corrected chi connectivity index (χ0v) is 49.4. The molecule has 0 aliphatic rings. The molecule has 0 aromatic heterocycles. The molecule has 0 saturated carbocycles. The molecule has 6 heteroatoms. The minimum atomic E-state index is -0.776. The lowest BCUT2D eigenvalue weighted by molar-refractivity contribution is -0.167. The summed E-state index contributed by atoms with van der Waals surface area (Å²) in [6.07, 6.45) is 74.9. The maximum absolute atomic E-state index is 12.9. The van der Waals surface area contributed by atoms with Crippen molar-refractivity contribution in [3.8, 4) is 0 Å². The van der Waals surface area contributed by atoms with Crippen LogP contribution in [-0.4, -0.2) is 37.2 Å². The molecule has 0 aromatic carbocycles. The van der Waals surface area contributed by atoms with Crippen LogP contribution in [0.5, 0.6) is 0 Å². The second-order valence-corrected chi connectivity index (χ2v) is 22.4. The van der Waals surface area contributed by atoms with Crippen LogP contribution in [0.25, 0.3) is 0 Å². The predicted octanol–water partition coefficient (Wildman–Crippen LogP) is 22.2. The molecule has 0 fully saturated rings. The van der Waals surface area contributed by atoms with Gasteiger partial charge in [-0.2, -0.15) is 0 Å². The molecule has 0 saturated heterocycles. The van der Waals surface area contributed by atoms with Crippen LogP contribution in [0.15, 0.2) is 24.3 Å². The first kappa shape index (κ1) is 70.9. The van der Waals surface area contributed by atoms with Crippen molar-refractivity contribution in [2.45, 2.75) is 374 Å². The van der Waals surface area contributed by atoms with E-state index in [0.29, 0.717) is 19.3 Å². The minimum Gasteiger partial charge on any atom is -0.462 e. The average molecular weight is 1030 g/mol. The average Bonchev–Trinajstić information content (AvgIpc) is 3.39. The van der Waals surface area contributed by atoms with E-state index in [-0.39, 0.29) is 31.1 Å². The van der Waals surface area contributed by atoms with E-state index < -0.39 is 6.10 Å². The molecule has 0 aliphatic carbocycles. The quantitative estimate of drug-likeness (QED) is 0.0261. The molecular formula is C67H126O6. The Morgan fingerprint density at radius 1 is 0.260 bits per heavy atom. The zero-order chi connectivity index (χ0) is 52.9. The Morgan fingerprint density at radius 3 is 0.712 bits per heavy atom. The van der Waals surface area contributed by atoms with Crippen molar-refractivity contribution >= 4 is 17.9 Å². The summed E-state index contributed by atoms with van der Waals surface area (Å²) in [4.78, 5) is 38.2. The van der Waals surface area contributed by atoms with Crippen molar-refractivity contribution in [3.05, 3.63) is 24.3 Å². The molecule has 0 radical (unpaired) electrons. The number of allylic oxidation sites excluding steroid dienone is 4. The zero-order valence-electron chi connectivity index (χ0n) is 49.4. The van der Waals surface area contributed by atoms with Gasteiger partial charge >= 0.3 is 17.9 Å². The molecule has 1 atom stereocenters. The van der Waals surface area contributed by atoms with E-state index in [1.807, 2.05) is 0 Å². The van der Waals surface area contributed by atoms with E-state index in [4.69, 9.17) is 14.2 Å². The lowest BCUT2D eigenvalue weighted by Gasteiger charge is -2.18. The normalized spacial score (nSPS) is 12.1. The third-order valence-corrected chi connectivity index (χ3v) is 14.9. The summed E-state index contributed by atoms with van der Waals surface area (Å²) in [6.45, 7) is 6.66. The van der Waals surface area contributed by atoms with Gasteiger partial charge in [-0.3, -0.25) is 14.4 Å². The van der Waals surface area contributed by atoms with Crippen LogP contribution in [0.4, 0.5) is 0 Å². The Kier molecular flexibility index (Phi) is 60.6. The topological polar surface area (TPSA) is 78.9 Å². The van der Waals surface area contributed by atoms with Gasteiger partial charge in [-0.1, -0.05) is 302 Å². The van der Waals surface area contributed by atoms with Crippen molar-refractivity contribution < 1.29 is 28.6 Å². The monoisotopic (exact) mass is 1030 g/mol. The number of carbonyl (C=O) groups is 3. The summed E-state index contributed by atoms with van der Waals surface area (Å²) in [5.74, 6) is -0.867. The standard InChI is InChI=1S/C67H126O6/c1-4-7-10-13-16-19-22-25-27-28-29-30-31-32-33-34-35-36-37-38-39-41-42-45-48-51-54-57-60-66(69)72-63-64(62-71-65(68)59-56-53-50-47-44-24-21-18-15-12-9-6-3)73-67(70)61-58-55-52-49-46-43-40-26-23-20-17-14-11-8-5-2/h18,21,26,40,64H,4-17,19-20,22-25,27-39,41-63H2,1-3H3/b21-18-,40-26-. The van der Waals surface area contributed by atoms with Crippen molar-refractivity contribution in [1.82, 2.24) is 0 Å². The van der Waals surface area contributed by atoms with Gasteiger partial charge in [0.2, 0.25) is 0 Å². The van der Waals surface area contributed by atoms with Gasteiger partial charge in [-0.15, -0.1) is 0 Å². The highest BCUT2D eigenvalue weighted by Gasteiger charge is 2.19. The van der Waals surface area contributed by atoms with Crippen LogP contribution < -0.4 is 0 Å². The predicted molar refractivity (Wildman–Crippen MR) is 316 cm³/mol. The maximum Gasteiger partial charge on any atom is 0.306 e. The molecule has 0 amide bonds. The molecule has 0 N–H and O–H groups in total. The van der Waals surface area contributed by atoms with Gasteiger partial charge in [0.1, 0.15) is 13.2 Å². The molecule has 0 heterocycles. The van der Waals surface area contributed by atoms with E-state index in [2.05, 4.69) is 45.1 Å². The largest absolute Gasteiger partial charge is 0.462 e. The van der Waals surface area contributed by atoms with Gasteiger partial charge < -0.3 is 14.2 Å². The summed E-state index contributed by atoms with van der Waals surface area (Å²) < 4.78 is 16.9. The lowest BCUT2D eigenvalue weighted by Crippen LogP contribution is -2.30. The Bertz CT molecular complexity index is 1180. The van der Waals surface area contributed by atoms with E-state index in [0.717, 1.165) is 70.6 Å². The molecule has 0 spiro atoms. The molecule has 0 aliphatic heterocycles. The molecule has 73 heavy (non-hydrogen) atoms. The Labute approximate surface area is 455 Å². The van der Waals surface area contributed by atoms with Gasteiger partial charge in [0.05, 0.1) is 0 Å². The first-order valence-corrected chi connectivity index (χ1v) is 32.8. The van der Waals surface area contributed by atoms with E-state index >= 15 is 0 Å². The van der Waals surface area contributed by atoms with Crippen LogP contribution in [0.3, 0.4) is 0 Å². The highest BCUT2D eigenvalue weighted by molar-refractivity contribution is 5.71. The number of hydrogen-bond donors (Lipinski definition) is 0. The summed E-state index contributed by atoms with van der Waals surface area (Å²) in [5.41, 5.74) is 0. The first-order chi connectivity index (χ1) is 36.0. The number of carbonyl (C=O) groups excluding carboxylic acids is 3. The summed E-state index contributed by atoms with van der Waals surface area (Å²) in [6, 6.07) is 0. The molecule has 0 bridgehead atoms.